The minimum Gasteiger partial charge on any atom is -0.370 e. The van der Waals surface area contributed by atoms with Gasteiger partial charge in [-0.2, -0.15) is 0 Å². The van der Waals surface area contributed by atoms with E-state index in [-0.39, 0.29) is 5.82 Å². The summed E-state index contributed by atoms with van der Waals surface area (Å²) in [4.78, 5) is 6.65. The molecule has 1 saturated heterocycles. The highest BCUT2D eigenvalue weighted by atomic mass is 19.1. The van der Waals surface area contributed by atoms with E-state index in [1.54, 1.807) is 0 Å². The van der Waals surface area contributed by atoms with Crippen molar-refractivity contribution in [3.05, 3.63) is 54.0 Å². The molecule has 2 heterocycles. The number of nitrogens with zero attached hydrogens (tertiary/aromatic N) is 2. The van der Waals surface area contributed by atoms with E-state index in [2.05, 4.69) is 26.6 Å². The van der Waals surface area contributed by atoms with E-state index in [9.17, 15) is 4.39 Å². The molecule has 2 N–H and O–H groups in total. The number of nitrogens with one attached hydrogen (secondary N) is 2. The molecule has 128 valence electrons. The maximum atomic E-state index is 13.0. The molecular weight excluding hydrogens is 303 g/mol. The molecule has 2 aromatic rings. The fraction of sp³-hybridized carbons (Fsp3) is 0.421. The largest absolute Gasteiger partial charge is 0.370 e. The standard InChI is InChI=1S/C19H25FN4/c1-15-3-8-19(23-13-15)22-11-2-10-21-17-9-12-24(14-17)18-6-4-16(20)5-7-18/h3-8,13,17,21H,2,9-12,14H2,1H3,(H,22,23). The van der Waals surface area contributed by atoms with Crippen LogP contribution in [0, 0.1) is 12.7 Å². The van der Waals surface area contributed by atoms with Crippen LogP contribution in [0.5, 0.6) is 0 Å². The molecule has 1 unspecified atom stereocenters. The van der Waals surface area contributed by atoms with Crippen LogP contribution in [0.4, 0.5) is 15.9 Å². The summed E-state index contributed by atoms with van der Waals surface area (Å²) in [6.45, 7) is 5.95. The zero-order valence-corrected chi connectivity index (χ0v) is 14.1. The van der Waals surface area contributed by atoms with Crippen molar-refractivity contribution in [1.29, 1.82) is 0 Å². The van der Waals surface area contributed by atoms with Crippen LogP contribution in [0.15, 0.2) is 42.6 Å². The molecule has 4 nitrogen and oxygen atoms in total. The highest BCUT2D eigenvalue weighted by Crippen LogP contribution is 2.20. The maximum absolute atomic E-state index is 13.0. The normalized spacial score (nSPS) is 17.2. The van der Waals surface area contributed by atoms with Gasteiger partial charge in [-0.1, -0.05) is 6.07 Å². The fourth-order valence-electron chi connectivity index (χ4n) is 3.00. The van der Waals surface area contributed by atoms with Crippen LogP contribution in [-0.2, 0) is 0 Å². The minimum atomic E-state index is -0.178. The first kappa shape index (κ1) is 16.7. The number of aromatic nitrogens is 1. The molecule has 1 aliphatic rings. The first-order chi connectivity index (χ1) is 11.7. The molecule has 0 amide bonds. The molecule has 0 aliphatic carbocycles. The van der Waals surface area contributed by atoms with Crippen LogP contribution in [0.25, 0.3) is 0 Å². The zero-order valence-electron chi connectivity index (χ0n) is 14.1. The Morgan fingerprint density at radius 3 is 2.75 bits per heavy atom. The number of pyridine rings is 1. The lowest BCUT2D eigenvalue weighted by Crippen LogP contribution is -2.33. The van der Waals surface area contributed by atoms with Gasteiger partial charge in [-0.3, -0.25) is 0 Å². The second-order valence-corrected chi connectivity index (χ2v) is 6.36. The fourth-order valence-corrected chi connectivity index (χ4v) is 3.00. The number of anilines is 2. The van der Waals surface area contributed by atoms with E-state index in [4.69, 9.17) is 0 Å². The van der Waals surface area contributed by atoms with Crippen molar-refractivity contribution in [2.45, 2.75) is 25.8 Å². The smallest absolute Gasteiger partial charge is 0.125 e. The third-order valence-electron chi connectivity index (χ3n) is 4.38. The molecular formula is C19H25FN4. The van der Waals surface area contributed by atoms with Crippen molar-refractivity contribution < 1.29 is 4.39 Å². The third kappa shape index (κ3) is 4.68. The van der Waals surface area contributed by atoms with Crippen molar-refractivity contribution >= 4 is 11.5 Å². The van der Waals surface area contributed by atoms with Gasteiger partial charge in [0.2, 0.25) is 0 Å². The number of aryl methyl sites for hydroxylation is 1. The van der Waals surface area contributed by atoms with Gasteiger partial charge in [-0.15, -0.1) is 0 Å². The van der Waals surface area contributed by atoms with Crippen LogP contribution < -0.4 is 15.5 Å². The molecule has 1 aromatic carbocycles. The minimum absolute atomic E-state index is 0.178. The van der Waals surface area contributed by atoms with Gasteiger partial charge in [0.05, 0.1) is 0 Å². The Kier molecular flexibility index (Phi) is 5.64. The summed E-state index contributed by atoms with van der Waals surface area (Å²) in [6.07, 6.45) is 4.07. The Morgan fingerprint density at radius 2 is 2.00 bits per heavy atom. The first-order valence-corrected chi connectivity index (χ1v) is 8.61. The van der Waals surface area contributed by atoms with E-state index < -0.39 is 0 Å². The summed E-state index contributed by atoms with van der Waals surface area (Å²) >= 11 is 0. The second-order valence-electron chi connectivity index (χ2n) is 6.36. The van der Waals surface area contributed by atoms with E-state index >= 15 is 0 Å². The summed E-state index contributed by atoms with van der Waals surface area (Å²) in [6, 6.07) is 11.4. The molecule has 0 radical (unpaired) electrons. The van der Waals surface area contributed by atoms with Crippen LogP contribution >= 0.6 is 0 Å². The summed E-state index contributed by atoms with van der Waals surface area (Å²) < 4.78 is 13.0. The second kappa shape index (κ2) is 8.11. The molecule has 0 saturated carbocycles. The van der Waals surface area contributed by atoms with Gasteiger partial charge in [0, 0.05) is 37.6 Å². The number of rotatable bonds is 7. The van der Waals surface area contributed by atoms with Gasteiger partial charge < -0.3 is 15.5 Å². The quantitative estimate of drug-likeness (QED) is 0.766. The molecule has 1 fully saturated rings. The maximum Gasteiger partial charge on any atom is 0.125 e. The highest BCUT2D eigenvalue weighted by molar-refractivity contribution is 5.47. The van der Waals surface area contributed by atoms with Crippen molar-refractivity contribution in [3.63, 3.8) is 0 Å². The SMILES string of the molecule is Cc1ccc(NCCCNC2CCN(c3ccc(F)cc3)C2)nc1. The van der Waals surface area contributed by atoms with E-state index in [1.807, 2.05) is 31.3 Å². The Hall–Kier alpha value is -2.14. The highest BCUT2D eigenvalue weighted by Gasteiger charge is 2.21. The number of halogens is 1. The van der Waals surface area contributed by atoms with Crippen LogP contribution in [-0.4, -0.2) is 37.2 Å². The average Bonchev–Trinajstić information content (AvgIpc) is 3.06. The molecule has 5 heteroatoms. The predicted octanol–water partition coefficient (Wildman–Crippen LogP) is 3.20. The zero-order chi connectivity index (χ0) is 16.8. The number of hydrogen-bond donors (Lipinski definition) is 2. The van der Waals surface area contributed by atoms with Gasteiger partial charge in [-0.25, -0.2) is 9.37 Å². The predicted molar refractivity (Wildman–Crippen MR) is 97.1 cm³/mol. The summed E-state index contributed by atoms with van der Waals surface area (Å²) in [5.41, 5.74) is 2.28. The van der Waals surface area contributed by atoms with Gasteiger partial charge in [-0.05, 0) is 62.2 Å². The number of benzene rings is 1. The van der Waals surface area contributed by atoms with Gasteiger partial charge >= 0.3 is 0 Å². The molecule has 24 heavy (non-hydrogen) atoms. The third-order valence-corrected chi connectivity index (χ3v) is 4.38. The van der Waals surface area contributed by atoms with Gasteiger partial charge in [0.15, 0.2) is 0 Å². The molecule has 1 aliphatic heterocycles. The summed E-state index contributed by atoms with van der Waals surface area (Å²) in [7, 11) is 0. The summed E-state index contributed by atoms with van der Waals surface area (Å²) in [5, 5.41) is 6.95. The van der Waals surface area contributed by atoms with Crippen molar-refractivity contribution in [2.24, 2.45) is 0 Å². The van der Waals surface area contributed by atoms with Crippen LogP contribution in [0.3, 0.4) is 0 Å². The monoisotopic (exact) mass is 328 g/mol. The number of hydrogen-bond acceptors (Lipinski definition) is 4. The van der Waals surface area contributed by atoms with Crippen molar-refractivity contribution in [2.75, 3.05) is 36.4 Å². The lowest BCUT2D eigenvalue weighted by Gasteiger charge is -2.19. The lowest BCUT2D eigenvalue weighted by atomic mass is 10.2. The Morgan fingerprint density at radius 1 is 1.17 bits per heavy atom. The Balaban J connectivity index is 1.33. The summed E-state index contributed by atoms with van der Waals surface area (Å²) in [5.74, 6) is 0.757. The lowest BCUT2D eigenvalue weighted by molar-refractivity contribution is 0.545. The van der Waals surface area contributed by atoms with Crippen LogP contribution in [0.2, 0.25) is 0 Å². The molecule has 1 atom stereocenters. The first-order valence-electron chi connectivity index (χ1n) is 8.61. The molecule has 1 aromatic heterocycles. The Bertz CT molecular complexity index is 627. The van der Waals surface area contributed by atoms with E-state index in [0.717, 1.165) is 50.5 Å². The molecule has 0 bridgehead atoms. The van der Waals surface area contributed by atoms with E-state index in [0.29, 0.717) is 6.04 Å². The molecule has 0 spiro atoms. The average molecular weight is 328 g/mol. The van der Waals surface area contributed by atoms with Crippen molar-refractivity contribution in [3.8, 4) is 0 Å². The Labute approximate surface area is 143 Å². The van der Waals surface area contributed by atoms with Gasteiger partial charge in [0.25, 0.3) is 0 Å². The van der Waals surface area contributed by atoms with E-state index in [1.165, 1.54) is 17.7 Å². The van der Waals surface area contributed by atoms with Crippen molar-refractivity contribution in [1.82, 2.24) is 10.3 Å². The molecule has 3 rings (SSSR count). The topological polar surface area (TPSA) is 40.2 Å². The van der Waals surface area contributed by atoms with Crippen LogP contribution in [0.1, 0.15) is 18.4 Å². The van der Waals surface area contributed by atoms with Gasteiger partial charge in [0.1, 0.15) is 11.6 Å².